The van der Waals surface area contributed by atoms with E-state index in [1.54, 1.807) is 12.5 Å². The average molecular weight is 329 g/mol. The van der Waals surface area contributed by atoms with Crippen molar-refractivity contribution in [3.05, 3.63) is 84.5 Å². The van der Waals surface area contributed by atoms with Crippen molar-refractivity contribution in [2.24, 2.45) is 0 Å². The standard InChI is InChI=1S/C20H19N5/c1-15-20(16-6-3-2-4-7-16)24-18(22-15)11-10-17-8-5-9-19(23-17)25-13-12-21-14-25/h2-9,12-14H,10-11H2,1H3,(H,22,24). The topological polar surface area (TPSA) is 59.4 Å². The van der Waals surface area contributed by atoms with E-state index in [9.17, 15) is 0 Å². The second-order valence-corrected chi connectivity index (χ2v) is 5.98. The van der Waals surface area contributed by atoms with Gasteiger partial charge in [-0.2, -0.15) is 0 Å². The van der Waals surface area contributed by atoms with Crippen LogP contribution < -0.4 is 0 Å². The largest absolute Gasteiger partial charge is 0.346 e. The molecule has 1 N–H and O–H groups in total. The molecule has 0 aliphatic carbocycles. The number of hydrogen-bond donors (Lipinski definition) is 1. The molecule has 0 amide bonds. The van der Waals surface area contributed by atoms with Crippen LogP contribution in [0, 0.1) is 6.92 Å². The number of benzene rings is 1. The quantitative estimate of drug-likeness (QED) is 0.606. The molecule has 0 unspecified atom stereocenters. The molecule has 0 radical (unpaired) electrons. The normalized spacial score (nSPS) is 10.9. The van der Waals surface area contributed by atoms with Gasteiger partial charge < -0.3 is 4.98 Å². The molecular weight excluding hydrogens is 310 g/mol. The maximum absolute atomic E-state index is 4.77. The first-order valence-electron chi connectivity index (χ1n) is 8.35. The number of aromatic nitrogens is 5. The van der Waals surface area contributed by atoms with E-state index in [4.69, 9.17) is 9.97 Å². The lowest BCUT2D eigenvalue weighted by Crippen LogP contribution is -2.00. The minimum atomic E-state index is 0.827. The van der Waals surface area contributed by atoms with Crippen molar-refractivity contribution >= 4 is 0 Å². The predicted molar refractivity (Wildman–Crippen MR) is 97.5 cm³/mol. The Balaban J connectivity index is 1.50. The van der Waals surface area contributed by atoms with E-state index in [1.807, 2.05) is 47.2 Å². The molecule has 5 nitrogen and oxygen atoms in total. The zero-order valence-electron chi connectivity index (χ0n) is 14.1. The third-order valence-corrected chi connectivity index (χ3v) is 4.16. The van der Waals surface area contributed by atoms with Gasteiger partial charge in [0.1, 0.15) is 18.0 Å². The zero-order valence-corrected chi connectivity index (χ0v) is 14.1. The van der Waals surface area contributed by atoms with Crippen LogP contribution in [0.25, 0.3) is 17.1 Å². The van der Waals surface area contributed by atoms with Crippen molar-refractivity contribution in [3.8, 4) is 17.1 Å². The third kappa shape index (κ3) is 3.35. The van der Waals surface area contributed by atoms with Crippen LogP contribution in [0.4, 0.5) is 0 Å². The molecule has 0 aliphatic rings. The van der Waals surface area contributed by atoms with Crippen LogP contribution in [0.3, 0.4) is 0 Å². The Morgan fingerprint density at radius 2 is 1.84 bits per heavy atom. The highest BCUT2D eigenvalue weighted by Gasteiger charge is 2.09. The van der Waals surface area contributed by atoms with E-state index >= 15 is 0 Å². The number of nitrogens with zero attached hydrogens (tertiary/aromatic N) is 4. The Morgan fingerprint density at radius 1 is 0.960 bits per heavy atom. The summed E-state index contributed by atoms with van der Waals surface area (Å²) in [5.74, 6) is 1.88. The van der Waals surface area contributed by atoms with Crippen LogP contribution >= 0.6 is 0 Å². The lowest BCUT2D eigenvalue weighted by molar-refractivity contribution is 0.842. The SMILES string of the molecule is Cc1[nH]c(CCc2cccc(-n3ccnc3)n2)nc1-c1ccccc1. The van der Waals surface area contributed by atoms with Gasteiger partial charge in [-0.1, -0.05) is 36.4 Å². The number of aryl methyl sites for hydroxylation is 3. The highest BCUT2D eigenvalue weighted by atomic mass is 15.1. The summed E-state index contributed by atoms with van der Waals surface area (Å²) in [7, 11) is 0. The fourth-order valence-corrected chi connectivity index (χ4v) is 2.91. The maximum atomic E-state index is 4.77. The molecule has 3 aromatic heterocycles. The smallest absolute Gasteiger partial charge is 0.138 e. The Labute approximate surface area is 146 Å². The zero-order chi connectivity index (χ0) is 17.1. The van der Waals surface area contributed by atoms with E-state index < -0.39 is 0 Å². The molecule has 4 aromatic rings. The van der Waals surface area contributed by atoms with Gasteiger partial charge in [0.05, 0.1) is 5.69 Å². The van der Waals surface area contributed by atoms with Gasteiger partial charge >= 0.3 is 0 Å². The lowest BCUT2D eigenvalue weighted by Gasteiger charge is -2.04. The molecule has 25 heavy (non-hydrogen) atoms. The number of nitrogens with one attached hydrogen (secondary N) is 1. The van der Waals surface area contributed by atoms with Crippen molar-refractivity contribution in [2.45, 2.75) is 19.8 Å². The Bertz CT molecular complexity index is 955. The maximum Gasteiger partial charge on any atom is 0.138 e. The molecule has 1 aromatic carbocycles. The Kier molecular flexibility index (Phi) is 4.12. The summed E-state index contributed by atoms with van der Waals surface area (Å²) < 4.78 is 1.91. The van der Waals surface area contributed by atoms with E-state index in [0.29, 0.717) is 0 Å². The van der Waals surface area contributed by atoms with Crippen molar-refractivity contribution in [3.63, 3.8) is 0 Å². The highest BCUT2D eigenvalue weighted by molar-refractivity contribution is 5.61. The molecule has 4 rings (SSSR count). The second kappa shape index (κ2) is 6.73. The summed E-state index contributed by atoms with van der Waals surface area (Å²) in [4.78, 5) is 16.9. The summed E-state index contributed by atoms with van der Waals surface area (Å²) in [6.45, 7) is 2.07. The third-order valence-electron chi connectivity index (χ3n) is 4.16. The first kappa shape index (κ1) is 15.3. The Morgan fingerprint density at radius 3 is 2.64 bits per heavy atom. The fourth-order valence-electron chi connectivity index (χ4n) is 2.91. The molecule has 124 valence electrons. The van der Waals surface area contributed by atoms with Gasteiger partial charge in [0, 0.05) is 35.8 Å². The number of imidazole rings is 2. The fraction of sp³-hybridized carbons (Fsp3) is 0.150. The van der Waals surface area contributed by atoms with E-state index in [2.05, 4.69) is 29.0 Å². The van der Waals surface area contributed by atoms with E-state index in [-0.39, 0.29) is 0 Å². The number of hydrogen-bond acceptors (Lipinski definition) is 3. The van der Waals surface area contributed by atoms with Gasteiger partial charge in [-0.3, -0.25) is 4.57 Å². The molecule has 5 heteroatoms. The summed E-state index contributed by atoms with van der Waals surface area (Å²) in [5.41, 5.74) is 4.31. The van der Waals surface area contributed by atoms with Crippen molar-refractivity contribution in [2.75, 3.05) is 0 Å². The predicted octanol–water partition coefficient (Wildman–Crippen LogP) is 3.75. The van der Waals surface area contributed by atoms with Crippen LogP contribution in [0.15, 0.2) is 67.3 Å². The number of H-pyrrole nitrogens is 1. The van der Waals surface area contributed by atoms with Gasteiger partial charge in [0.25, 0.3) is 0 Å². The van der Waals surface area contributed by atoms with Gasteiger partial charge in [-0.15, -0.1) is 0 Å². The van der Waals surface area contributed by atoms with Crippen LogP contribution in [-0.4, -0.2) is 24.5 Å². The van der Waals surface area contributed by atoms with Gasteiger partial charge in [0.2, 0.25) is 0 Å². The Hall–Kier alpha value is -3.21. The van der Waals surface area contributed by atoms with Crippen LogP contribution in [0.2, 0.25) is 0 Å². The molecule has 0 saturated carbocycles. The minimum Gasteiger partial charge on any atom is -0.346 e. The number of aromatic amines is 1. The monoisotopic (exact) mass is 329 g/mol. The van der Waals surface area contributed by atoms with E-state index in [1.165, 1.54) is 0 Å². The van der Waals surface area contributed by atoms with Crippen LogP contribution in [0.5, 0.6) is 0 Å². The summed E-state index contributed by atoms with van der Waals surface area (Å²) in [5, 5.41) is 0. The van der Waals surface area contributed by atoms with Gasteiger partial charge in [-0.25, -0.2) is 15.0 Å². The average Bonchev–Trinajstić information content (AvgIpc) is 3.31. The molecule has 0 aliphatic heterocycles. The second-order valence-electron chi connectivity index (χ2n) is 5.98. The van der Waals surface area contributed by atoms with Crippen molar-refractivity contribution in [1.82, 2.24) is 24.5 Å². The summed E-state index contributed by atoms with van der Waals surface area (Å²) in [6.07, 6.45) is 7.07. The summed E-state index contributed by atoms with van der Waals surface area (Å²) in [6, 6.07) is 16.3. The van der Waals surface area contributed by atoms with Crippen LogP contribution in [0.1, 0.15) is 17.2 Å². The number of rotatable bonds is 5. The molecule has 0 bridgehead atoms. The number of pyridine rings is 1. The van der Waals surface area contributed by atoms with Gasteiger partial charge in [0.15, 0.2) is 0 Å². The molecule has 0 saturated heterocycles. The lowest BCUT2D eigenvalue weighted by atomic mass is 10.1. The van der Waals surface area contributed by atoms with Crippen molar-refractivity contribution < 1.29 is 0 Å². The highest BCUT2D eigenvalue weighted by Crippen LogP contribution is 2.21. The van der Waals surface area contributed by atoms with Gasteiger partial charge in [-0.05, 0) is 25.5 Å². The molecular formula is C20H19N5. The molecule has 0 fully saturated rings. The molecule has 0 atom stereocenters. The van der Waals surface area contributed by atoms with E-state index in [0.717, 1.165) is 47.1 Å². The molecule has 3 heterocycles. The minimum absolute atomic E-state index is 0.827. The van der Waals surface area contributed by atoms with Crippen LogP contribution in [-0.2, 0) is 12.8 Å². The molecule has 0 spiro atoms. The summed E-state index contributed by atoms with van der Waals surface area (Å²) >= 11 is 0. The van der Waals surface area contributed by atoms with Crippen molar-refractivity contribution in [1.29, 1.82) is 0 Å². The first-order valence-corrected chi connectivity index (χ1v) is 8.35. The first-order chi connectivity index (χ1) is 12.3.